The van der Waals surface area contributed by atoms with Crippen LogP contribution in [0, 0.1) is 5.41 Å². The fourth-order valence-corrected chi connectivity index (χ4v) is 1.72. The molecule has 1 heterocycles. The highest BCUT2D eigenvalue weighted by molar-refractivity contribution is 9.10. The highest BCUT2D eigenvalue weighted by Gasteiger charge is 2.12. The van der Waals surface area contributed by atoms with Crippen LogP contribution in [0.5, 0.6) is 5.75 Å². The minimum atomic E-state index is -0.0172. The third kappa shape index (κ3) is 4.21. The van der Waals surface area contributed by atoms with Gasteiger partial charge in [-0.15, -0.1) is 0 Å². The Kier molecular flexibility index (Phi) is 4.04. The van der Waals surface area contributed by atoms with E-state index in [1.165, 1.54) is 6.33 Å². The fraction of sp³-hybridized carbons (Fsp3) is 0.286. The molecule has 1 aromatic heterocycles. The largest absolute Gasteiger partial charge is 0.439 e. The van der Waals surface area contributed by atoms with Gasteiger partial charge in [0.1, 0.15) is 18.4 Å². The Balaban J connectivity index is 2.29. The Morgan fingerprint density at radius 3 is 2.47 bits per heavy atom. The van der Waals surface area contributed by atoms with E-state index in [4.69, 9.17) is 4.74 Å². The van der Waals surface area contributed by atoms with Gasteiger partial charge in [0, 0.05) is 4.47 Å². The van der Waals surface area contributed by atoms with Crippen LogP contribution >= 0.6 is 15.9 Å². The molecule has 0 spiro atoms. The van der Waals surface area contributed by atoms with Crippen molar-refractivity contribution in [2.75, 3.05) is 0 Å². The average molecular weight is 322 g/mol. The number of aromatic nitrogens is 3. The molecule has 0 fully saturated rings. The third-order valence-electron chi connectivity index (χ3n) is 2.24. The van der Waals surface area contributed by atoms with Crippen LogP contribution in [0.3, 0.4) is 0 Å². The van der Waals surface area contributed by atoms with E-state index in [0.717, 1.165) is 10.2 Å². The average Bonchev–Trinajstić information content (AvgIpc) is 2.83. The number of halogens is 1. The highest BCUT2D eigenvalue weighted by atomic mass is 79.9. The summed E-state index contributed by atoms with van der Waals surface area (Å²) in [6, 6.07) is 7.67. The van der Waals surface area contributed by atoms with E-state index >= 15 is 0 Å². The molecule has 0 aliphatic rings. The molecule has 0 unspecified atom stereocenters. The first-order valence-electron chi connectivity index (χ1n) is 5.95. The summed E-state index contributed by atoms with van der Waals surface area (Å²) in [5, 5.41) is 4.12. The van der Waals surface area contributed by atoms with Crippen molar-refractivity contribution in [3.63, 3.8) is 0 Å². The number of hydrogen-bond donors (Lipinski definition) is 0. The molecule has 2 rings (SSSR count). The summed E-state index contributed by atoms with van der Waals surface area (Å²) < 4.78 is 8.52. The SMILES string of the molecule is CC(C)(C)/C=C(/Oc1ccc(Br)cc1)n1cncn1. The van der Waals surface area contributed by atoms with Crippen molar-refractivity contribution < 1.29 is 4.74 Å². The number of hydrogen-bond acceptors (Lipinski definition) is 3. The monoisotopic (exact) mass is 321 g/mol. The molecular formula is C14H16BrN3O. The van der Waals surface area contributed by atoms with E-state index in [-0.39, 0.29) is 5.41 Å². The number of benzene rings is 1. The molecule has 5 heteroatoms. The van der Waals surface area contributed by atoms with Gasteiger partial charge in [-0.2, -0.15) is 9.78 Å². The summed E-state index contributed by atoms with van der Waals surface area (Å²) in [5.41, 5.74) is -0.0172. The third-order valence-corrected chi connectivity index (χ3v) is 2.77. The maximum absolute atomic E-state index is 5.89. The fourth-order valence-electron chi connectivity index (χ4n) is 1.46. The number of rotatable bonds is 3. The van der Waals surface area contributed by atoms with Gasteiger partial charge in [-0.3, -0.25) is 0 Å². The second kappa shape index (κ2) is 5.57. The molecular weight excluding hydrogens is 306 g/mol. The Morgan fingerprint density at radius 2 is 1.95 bits per heavy atom. The van der Waals surface area contributed by atoms with Crippen LogP contribution in [-0.4, -0.2) is 14.8 Å². The summed E-state index contributed by atoms with van der Waals surface area (Å²) in [4.78, 5) is 3.95. The van der Waals surface area contributed by atoms with Crippen LogP contribution < -0.4 is 4.74 Å². The standard InChI is InChI=1S/C14H16BrN3O/c1-14(2,3)8-13(18-10-16-9-17-18)19-12-6-4-11(15)5-7-12/h4-10H,1-3H3/b13-8+. The van der Waals surface area contributed by atoms with Gasteiger partial charge < -0.3 is 4.74 Å². The summed E-state index contributed by atoms with van der Waals surface area (Å²) >= 11 is 3.40. The Labute approximate surface area is 121 Å². The van der Waals surface area contributed by atoms with E-state index in [1.807, 2.05) is 30.3 Å². The minimum absolute atomic E-state index is 0.0172. The number of ether oxygens (including phenoxy) is 1. The zero-order valence-corrected chi connectivity index (χ0v) is 12.8. The zero-order chi connectivity index (χ0) is 13.9. The van der Waals surface area contributed by atoms with Gasteiger partial charge >= 0.3 is 0 Å². The van der Waals surface area contributed by atoms with Crippen molar-refractivity contribution in [1.82, 2.24) is 14.8 Å². The van der Waals surface area contributed by atoms with E-state index in [2.05, 4.69) is 46.8 Å². The van der Waals surface area contributed by atoms with Crippen molar-refractivity contribution in [2.24, 2.45) is 5.41 Å². The van der Waals surface area contributed by atoms with E-state index in [0.29, 0.717) is 5.88 Å². The zero-order valence-electron chi connectivity index (χ0n) is 11.2. The van der Waals surface area contributed by atoms with Gasteiger partial charge in [-0.25, -0.2) is 4.98 Å². The van der Waals surface area contributed by atoms with Gasteiger partial charge in [-0.1, -0.05) is 36.7 Å². The second-order valence-corrected chi connectivity index (χ2v) is 6.16. The Bertz CT molecular complexity index is 553. The normalized spacial score (nSPS) is 12.5. The first-order valence-corrected chi connectivity index (χ1v) is 6.75. The lowest BCUT2D eigenvalue weighted by atomic mass is 9.97. The maximum atomic E-state index is 5.89. The molecule has 0 aliphatic heterocycles. The van der Waals surface area contributed by atoms with Crippen LogP contribution in [0.15, 0.2) is 47.5 Å². The highest BCUT2D eigenvalue weighted by Crippen LogP contribution is 2.24. The smallest absolute Gasteiger partial charge is 0.218 e. The van der Waals surface area contributed by atoms with Crippen LogP contribution in [-0.2, 0) is 0 Å². The van der Waals surface area contributed by atoms with Crippen molar-refractivity contribution in [1.29, 1.82) is 0 Å². The van der Waals surface area contributed by atoms with Gasteiger partial charge in [0.15, 0.2) is 0 Å². The lowest BCUT2D eigenvalue weighted by molar-refractivity contribution is 0.443. The van der Waals surface area contributed by atoms with Gasteiger partial charge in [0.25, 0.3) is 0 Å². The van der Waals surface area contributed by atoms with E-state index in [9.17, 15) is 0 Å². The first-order chi connectivity index (χ1) is 8.94. The van der Waals surface area contributed by atoms with Crippen molar-refractivity contribution >= 4 is 21.8 Å². The molecule has 2 aromatic rings. The Morgan fingerprint density at radius 1 is 1.26 bits per heavy atom. The van der Waals surface area contributed by atoms with Gasteiger partial charge in [-0.05, 0) is 35.8 Å². The van der Waals surface area contributed by atoms with Crippen LogP contribution in [0.25, 0.3) is 5.88 Å². The van der Waals surface area contributed by atoms with Crippen LogP contribution in [0.4, 0.5) is 0 Å². The molecule has 0 aliphatic carbocycles. The lowest BCUT2D eigenvalue weighted by Gasteiger charge is -2.16. The van der Waals surface area contributed by atoms with Crippen LogP contribution in [0.2, 0.25) is 0 Å². The molecule has 0 saturated heterocycles. The minimum Gasteiger partial charge on any atom is -0.439 e. The summed E-state index contributed by atoms with van der Waals surface area (Å²) in [5.74, 6) is 1.40. The van der Waals surface area contributed by atoms with Crippen molar-refractivity contribution in [3.8, 4) is 5.75 Å². The molecule has 0 amide bonds. The van der Waals surface area contributed by atoms with Crippen molar-refractivity contribution in [2.45, 2.75) is 20.8 Å². The molecule has 0 bridgehead atoms. The molecule has 100 valence electrons. The predicted molar refractivity (Wildman–Crippen MR) is 78.5 cm³/mol. The first kappa shape index (κ1) is 13.8. The molecule has 19 heavy (non-hydrogen) atoms. The van der Waals surface area contributed by atoms with Gasteiger partial charge in [0.2, 0.25) is 5.88 Å². The number of nitrogens with zero attached hydrogens (tertiary/aromatic N) is 3. The summed E-state index contributed by atoms with van der Waals surface area (Å²) in [7, 11) is 0. The molecule has 4 nitrogen and oxygen atoms in total. The predicted octanol–water partition coefficient (Wildman–Crippen LogP) is 3.96. The lowest BCUT2D eigenvalue weighted by Crippen LogP contribution is -2.10. The quantitative estimate of drug-likeness (QED) is 0.803. The number of allylic oxidation sites excluding steroid dienone is 1. The molecule has 0 N–H and O–H groups in total. The summed E-state index contributed by atoms with van der Waals surface area (Å²) in [6.07, 6.45) is 5.13. The van der Waals surface area contributed by atoms with Crippen LogP contribution in [0.1, 0.15) is 20.8 Å². The van der Waals surface area contributed by atoms with Gasteiger partial charge in [0.05, 0.1) is 0 Å². The van der Waals surface area contributed by atoms with E-state index < -0.39 is 0 Å². The van der Waals surface area contributed by atoms with Crippen molar-refractivity contribution in [3.05, 3.63) is 47.5 Å². The van der Waals surface area contributed by atoms with E-state index in [1.54, 1.807) is 11.0 Å². The molecule has 0 radical (unpaired) electrons. The topological polar surface area (TPSA) is 39.9 Å². The molecule has 0 atom stereocenters. The Hall–Kier alpha value is -1.62. The molecule has 0 saturated carbocycles. The summed E-state index contributed by atoms with van der Waals surface area (Å²) in [6.45, 7) is 6.32. The molecule has 1 aromatic carbocycles. The second-order valence-electron chi connectivity index (χ2n) is 5.24. The maximum Gasteiger partial charge on any atom is 0.218 e.